The number of hydrogen-bond donors (Lipinski definition) is 1. The number of Topliss-reactive ketones (excluding diaryl/α,β-unsaturated/α-hetero) is 1. The van der Waals surface area contributed by atoms with Crippen molar-refractivity contribution in [3.8, 4) is 0 Å². The number of aliphatic imine (C=N–C) groups is 1. The van der Waals surface area contributed by atoms with Crippen LogP contribution in [0.3, 0.4) is 0 Å². The Hall–Kier alpha value is -2.12. The van der Waals surface area contributed by atoms with Gasteiger partial charge in [0.05, 0.1) is 12.1 Å². The minimum absolute atomic E-state index is 0.0725. The summed E-state index contributed by atoms with van der Waals surface area (Å²) in [5.41, 5.74) is 5.02. The second-order valence-electron chi connectivity index (χ2n) is 5.64. The van der Waals surface area contributed by atoms with Gasteiger partial charge in [-0.1, -0.05) is 6.07 Å². The molecule has 126 valence electrons. The van der Waals surface area contributed by atoms with Crippen molar-refractivity contribution < 1.29 is 27.1 Å². The smallest absolute Gasteiger partial charge is 0.395 e. The number of nitrogens with zero attached hydrogens (tertiary/aromatic N) is 1. The number of ether oxygens (including phenoxy) is 1. The number of carbonyl (C=O) groups excluding carboxylic acids is 1. The standard InChI is InChI=1S/C15H16F4N2O2/c1-14(4-5-23-13(20)21-14)11-7-9(2-3-12(11)16)6-10(22)8-15(17,18)19/h2-3,7H,4-6,8H2,1H3,(H2,20,21)/t14-/m0/s1. The summed E-state index contributed by atoms with van der Waals surface area (Å²) < 4.78 is 55.8. The Morgan fingerprint density at radius 1 is 1.43 bits per heavy atom. The molecule has 1 aliphatic rings. The van der Waals surface area contributed by atoms with Gasteiger partial charge < -0.3 is 10.5 Å². The highest BCUT2D eigenvalue weighted by Crippen LogP contribution is 2.34. The summed E-state index contributed by atoms with van der Waals surface area (Å²) in [5.74, 6) is -1.53. The Morgan fingerprint density at radius 3 is 2.74 bits per heavy atom. The predicted molar refractivity (Wildman–Crippen MR) is 75.3 cm³/mol. The maximum Gasteiger partial charge on any atom is 0.395 e. The highest BCUT2D eigenvalue weighted by Gasteiger charge is 2.34. The van der Waals surface area contributed by atoms with E-state index in [9.17, 15) is 22.4 Å². The molecule has 0 amide bonds. The molecule has 0 saturated heterocycles. The van der Waals surface area contributed by atoms with Crippen LogP contribution >= 0.6 is 0 Å². The maximum absolute atomic E-state index is 14.1. The van der Waals surface area contributed by atoms with Crippen LogP contribution in [-0.2, 0) is 21.5 Å². The number of carbonyl (C=O) groups is 1. The molecule has 0 saturated carbocycles. The topological polar surface area (TPSA) is 64.7 Å². The largest absolute Gasteiger partial charge is 0.465 e. The molecular weight excluding hydrogens is 316 g/mol. The van der Waals surface area contributed by atoms with Crippen molar-refractivity contribution >= 4 is 11.8 Å². The van der Waals surface area contributed by atoms with Gasteiger partial charge in [0.25, 0.3) is 6.02 Å². The first kappa shape index (κ1) is 17.2. The van der Waals surface area contributed by atoms with E-state index in [4.69, 9.17) is 10.5 Å². The summed E-state index contributed by atoms with van der Waals surface area (Å²) in [5, 5.41) is 0. The molecule has 23 heavy (non-hydrogen) atoms. The zero-order valence-electron chi connectivity index (χ0n) is 12.4. The van der Waals surface area contributed by atoms with Crippen LogP contribution in [0, 0.1) is 5.82 Å². The van der Waals surface area contributed by atoms with Gasteiger partial charge in [-0.05, 0) is 24.6 Å². The van der Waals surface area contributed by atoms with Gasteiger partial charge in [0, 0.05) is 18.4 Å². The van der Waals surface area contributed by atoms with E-state index in [1.54, 1.807) is 6.92 Å². The van der Waals surface area contributed by atoms with Crippen molar-refractivity contribution in [2.24, 2.45) is 10.7 Å². The van der Waals surface area contributed by atoms with Gasteiger partial charge in [-0.15, -0.1) is 0 Å². The Labute approximate surface area is 130 Å². The van der Waals surface area contributed by atoms with Crippen molar-refractivity contribution in [1.82, 2.24) is 0 Å². The molecule has 0 unspecified atom stereocenters. The first-order chi connectivity index (χ1) is 10.6. The van der Waals surface area contributed by atoms with Gasteiger partial charge in [0.2, 0.25) is 0 Å². The average molecular weight is 332 g/mol. The fourth-order valence-corrected chi connectivity index (χ4v) is 2.49. The summed E-state index contributed by atoms with van der Waals surface area (Å²) in [7, 11) is 0. The van der Waals surface area contributed by atoms with E-state index in [2.05, 4.69) is 4.99 Å². The van der Waals surface area contributed by atoms with Crippen LogP contribution in [0.15, 0.2) is 23.2 Å². The fourth-order valence-electron chi connectivity index (χ4n) is 2.49. The average Bonchev–Trinajstić information content (AvgIpc) is 2.38. The van der Waals surface area contributed by atoms with Crippen LogP contribution in [0.1, 0.15) is 30.9 Å². The third-order valence-electron chi connectivity index (χ3n) is 3.61. The molecule has 0 aliphatic carbocycles. The summed E-state index contributed by atoms with van der Waals surface area (Å²) >= 11 is 0. The van der Waals surface area contributed by atoms with Gasteiger partial charge in [-0.25, -0.2) is 9.38 Å². The molecule has 2 N–H and O–H groups in total. The molecule has 0 radical (unpaired) electrons. The van der Waals surface area contributed by atoms with Crippen molar-refractivity contribution in [1.29, 1.82) is 0 Å². The first-order valence-corrected chi connectivity index (χ1v) is 6.94. The van der Waals surface area contributed by atoms with Crippen LogP contribution in [0.5, 0.6) is 0 Å². The van der Waals surface area contributed by atoms with Gasteiger partial charge in [-0.2, -0.15) is 13.2 Å². The van der Waals surface area contributed by atoms with E-state index < -0.39 is 36.2 Å². The normalized spacial score (nSPS) is 21.5. The number of rotatable bonds is 4. The highest BCUT2D eigenvalue weighted by atomic mass is 19.4. The minimum atomic E-state index is -4.55. The second-order valence-corrected chi connectivity index (χ2v) is 5.64. The number of amidine groups is 1. The number of hydrogen-bond acceptors (Lipinski definition) is 4. The molecule has 2 rings (SSSR count). The van der Waals surface area contributed by atoms with E-state index in [0.717, 1.165) is 6.07 Å². The van der Waals surface area contributed by atoms with E-state index >= 15 is 0 Å². The molecule has 1 aromatic rings. The van der Waals surface area contributed by atoms with Crippen molar-refractivity contribution in [3.63, 3.8) is 0 Å². The van der Waals surface area contributed by atoms with E-state index in [-0.39, 0.29) is 18.2 Å². The Morgan fingerprint density at radius 2 is 2.13 bits per heavy atom. The van der Waals surface area contributed by atoms with Crippen LogP contribution < -0.4 is 5.73 Å². The molecule has 0 aromatic heterocycles. The number of halogens is 4. The lowest BCUT2D eigenvalue weighted by molar-refractivity contribution is -0.151. The molecule has 4 nitrogen and oxygen atoms in total. The Kier molecular flexibility index (Phi) is 4.63. The highest BCUT2D eigenvalue weighted by molar-refractivity contribution is 5.81. The van der Waals surface area contributed by atoms with Crippen molar-refractivity contribution in [3.05, 3.63) is 35.1 Å². The summed E-state index contributed by atoms with van der Waals surface area (Å²) in [6.07, 6.45) is -6.11. The van der Waals surface area contributed by atoms with Crippen molar-refractivity contribution in [2.45, 2.75) is 37.9 Å². The zero-order valence-corrected chi connectivity index (χ0v) is 12.4. The number of benzene rings is 1. The van der Waals surface area contributed by atoms with Gasteiger partial charge in [0.1, 0.15) is 18.0 Å². The number of ketones is 1. The number of alkyl halides is 3. The quantitative estimate of drug-likeness (QED) is 0.862. The zero-order chi connectivity index (χ0) is 17.3. The first-order valence-electron chi connectivity index (χ1n) is 6.94. The molecule has 1 aliphatic heterocycles. The van der Waals surface area contributed by atoms with Gasteiger partial charge >= 0.3 is 6.18 Å². The second kappa shape index (κ2) is 6.17. The van der Waals surface area contributed by atoms with Gasteiger partial charge in [-0.3, -0.25) is 4.79 Å². The van der Waals surface area contributed by atoms with Crippen LogP contribution in [0.25, 0.3) is 0 Å². The summed E-state index contributed by atoms with van der Waals surface area (Å²) in [6.45, 7) is 1.91. The lowest BCUT2D eigenvalue weighted by atomic mass is 9.87. The minimum Gasteiger partial charge on any atom is -0.465 e. The SMILES string of the molecule is C[C@@]1(c2cc(CC(=O)CC(F)(F)F)ccc2F)CCOC(N)=N1. The van der Waals surface area contributed by atoms with Crippen molar-refractivity contribution in [2.75, 3.05) is 6.61 Å². The van der Waals surface area contributed by atoms with E-state index in [0.29, 0.717) is 12.0 Å². The molecular formula is C15H16F4N2O2. The predicted octanol–water partition coefficient (Wildman–Crippen LogP) is 2.84. The third kappa shape index (κ3) is 4.43. The van der Waals surface area contributed by atoms with Crippen LogP contribution in [-0.4, -0.2) is 24.6 Å². The molecule has 1 atom stereocenters. The Balaban J connectivity index is 2.26. The fraction of sp³-hybridized carbons (Fsp3) is 0.467. The monoisotopic (exact) mass is 332 g/mol. The summed E-state index contributed by atoms with van der Waals surface area (Å²) in [4.78, 5) is 15.5. The maximum atomic E-state index is 14.1. The molecule has 1 aromatic carbocycles. The third-order valence-corrected chi connectivity index (χ3v) is 3.61. The molecule has 1 heterocycles. The lowest BCUT2D eigenvalue weighted by Crippen LogP contribution is -2.34. The lowest BCUT2D eigenvalue weighted by Gasteiger charge is -2.30. The van der Waals surface area contributed by atoms with Crippen LogP contribution in [0.2, 0.25) is 0 Å². The van der Waals surface area contributed by atoms with Crippen LogP contribution in [0.4, 0.5) is 17.6 Å². The molecule has 0 fully saturated rings. The molecule has 0 spiro atoms. The summed E-state index contributed by atoms with van der Waals surface area (Å²) in [6, 6.07) is 3.71. The molecule has 8 heteroatoms. The molecule has 0 bridgehead atoms. The van der Waals surface area contributed by atoms with E-state index in [1.165, 1.54) is 12.1 Å². The van der Waals surface area contributed by atoms with Gasteiger partial charge in [0.15, 0.2) is 0 Å². The Bertz CT molecular complexity index is 643. The number of nitrogens with two attached hydrogens (primary N) is 1. The van der Waals surface area contributed by atoms with E-state index in [1.807, 2.05) is 0 Å².